The lowest BCUT2D eigenvalue weighted by Crippen LogP contribution is -2.39. The fourth-order valence-electron chi connectivity index (χ4n) is 3.23. The average Bonchev–Trinajstić information content (AvgIpc) is 3.14. The van der Waals surface area contributed by atoms with E-state index in [0.717, 1.165) is 29.7 Å². The molecule has 1 aliphatic carbocycles. The van der Waals surface area contributed by atoms with Crippen molar-refractivity contribution in [1.82, 2.24) is 19.7 Å². The Hall–Kier alpha value is -2.18. The molecule has 0 aromatic carbocycles. The molecule has 23 heavy (non-hydrogen) atoms. The fraction of sp³-hybridized carbons (Fsp3) is 0.625. The molecule has 1 fully saturated rings. The van der Waals surface area contributed by atoms with Gasteiger partial charge in [-0.3, -0.25) is 9.48 Å². The molecular weight excluding hydrogens is 292 g/mol. The van der Waals surface area contributed by atoms with Crippen LogP contribution in [0.1, 0.15) is 51.3 Å². The van der Waals surface area contributed by atoms with Gasteiger partial charge >= 0.3 is 0 Å². The van der Waals surface area contributed by atoms with Gasteiger partial charge in [0.05, 0.1) is 11.6 Å². The number of carbonyl (C=O) groups is 1. The van der Waals surface area contributed by atoms with Crippen LogP contribution < -0.4 is 11.1 Å². The van der Waals surface area contributed by atoms with Crippen LogP contribution in [0.5, 0.6) is 0 Å². The normalized spacial score (nSPS) is 17.0. The fourth-order valence-corrected chi connectivity index (χ4v) is 3.23. The third kappa shape index (κ3) is 3.00. The quantitative estimate of drug-likeness (QED) is 0.878. The highest BCUT2D eigenvalue weighted by Crippen LogP contribution is 2.34. The number of nitrogens with one attached hydrogen (secondary N) is 1. The van der Waals surface area contributed by atoms with Gasteiger partial charge in [0, 0.05) is 13.0 Å². The van der Waals surface area contributed by atoms with Crippen molar-refractivity contribution in [3.63, 3.8) is 0 Å². The molecule has 3 rings (SSSR count). The van der Waals surface area contributed by atoms with E-state index in [1.165, 1.54) is 12.8 Å². The van der Waals surface area contributed by atoms with Crippen LogP contribution in [0.15, 0.2) is 6.20 Å². The monoisotopic (exact) mass is 316 g/mol. The third-order valence-electron chi connectivity index (χ3n) is 4.60. The zero-order valence-corrected chi connectivity index (χ0v) is 13.9. The number of nitrogens with two attached hydrogens (primary N) is 1. The highest BCUT2D eigenvalue weighted by Gasteiger charge is 2.25. The molecule has 124 valence electrons. The van der Waals surface area contributed by atoms with Gasteiger partial charge in [-0.05, 0) is 18.8 Å². The number of fused-ring (bicyclic) bond motifs is 1. The van der Waals surface area contributed by atoms with E-state index in [1.807, 2.05) is 20.9 Å². The van der Waals surface area contributed by atoms with Crippen LogP contribution in [0, 0.1) is 5.92 Å². The lowest BCUT2D eigenvalue weighted by atomic mass is 10.0. The topological polar surface area (TPSA) is 98.7 Å². The number of aryl methyl sites for hydroxylation is 1. The van der Waals surface area contributed by atoms with Crippen molar-refractivity contribution in [2.75, 3.05) is 5.32 Å². The average molecular weight is 316 g/mol. The van der Waals surface area contributed by atoms with E-state index in [1.54, 1.807) is 10.9 Å². The number of aromatic nitrogens is 4. The van der Waals surface area contributed by atoms with Gasteiger partial charge in [0.25, 0.3) is 0 Å². The standard InChI is InChI=1S/C16H24N6O/c1-9(2)12(13(17)23)19-15-11-8-18-22(3)16(11)21-14(20-15)10-6-4-5-7-10/h8-10,12H,4-7H2,1-3H3,(H2,17,23)(H,19,20,21)/t12-/m0/s1. The molecule has 0 bridgehead atoms. The summed E-state index contributed by atoms with van der Waals surface area (Å²) >= 11 is 0. The summed E-state index contributed by atoms with van der Waals surface area (Å²) < 4.78 is 1.75. The summed E-state index contributed by atoms with van der Waals surface area (Å²) in [5.74, 6) is 1.58. The molecule has 2 aromatic heterocycles. The van der Waals surface area contributed by atoms with Gasteiger partial charge in [0.2, 0.25) is 5.91 Å². The number of carbonyl (C=O) groups excluding carboxylic acids is 1. The zero-order valence-electron chi connectivity index (χ0n) is 13.9. The van der Waals surface area contributed by atoms with Crippen molar-refractivity contribution in [3.05, 3.63) is 12.0 Å². The Kier molecular flexibility index (Phi) is 4.19. The minimum atomic E-state index is -0.468. The van der Waals surface area contributed by atoms with Gasteiger partial charge in [0.15, 0.2) is 5.65 Å². The van der Waals surface area contributed by atoms with Crippen molar-refractivity contribution in [3.8, 4) is 0 Å². The summed E-state index contributed by atoms with van der Waals surface area (Å²) in [6.45, 7) is 3.92. The van der Waals surface area contributed by atoms with Gasteiger partial charge in [-0.15, -0.1) is 0 Å². The number of primary amides is 1. The summed E-state index contributed by atoms with van der Waals surface area (Å²) in [6, 6.07) is -0.468. The van der Waals surface area contributed by atoms with Crippen LogP contribution in [-0.4, -0.2) is 31.7 Å². The van der Waals surface area contributed by atoms with E-state index in [-0.39, 0.29) is 11.8 Å². The first-order chi connectivity index (χ1) is 11.0. The molecule has 0 spiro atoms. The number of nitrogens with zero attached hydrogens (tertiary/aromatic N) is 4. The van der Waals surface area contributed by atoms with E-state index in [9.17, 15) is 4.79 Å². The van der Waals surface area contributed by atoms with Crippen LogP contribution in [0.2, 0.25) is 0 Å². The van der Waals surface area contributed by atoms with Gasteiger partial charge < -0.3 is 11.1 Å². The number of anilines is 1. The second kappa shape index (κ2) is 6.14. The van der Waals surface area contributed by atoms with Gasteiger partial charge in [0.1, 0.15) is 17.7 Å². The van der Waals surface area contributed by atoms with Crippen molar-refractivity contribution in [2.24, 2.45) is 18.7 Å². The summed E-state index contributed by atoms with van der Waals surface area (Å²) in [7, 11) is 1.87. The van der Waals surface area contributed by atoms with E-state index in [0.29, 0.717) is 11.7 Å². The molecule has 1 saturated carbocycles. The van der Waals surface area contributed by atoms with E-state index < -0.39 is 6.04 Å². The molecule has 0 unspecified atom stereocenters. The highest BCUT2D eigenvalue weighted by atomic mass is 16.1. The molecule has 2 aromatic rings. The molecular formula is C16H24N6O. The van der Waals surface area contributed by atoms with Gasteiger partial charge in [-0.25, -0.2) is 9.97 Å². The third-order valence-corrected chi connectivity index (χ3v) is 4.60. The minimum absolute atomic E-state index is 0.0733. The van der Waals surface area contributed by atoms with Crippen LogP contribution >= 0.6 is 0 Å². The zero-order chi connectivity index (χ0) is 16.6. The molecule has 7 nitrogen and oxygen atoms in total. The van der Waals surface area contributed by atoms with Crippen LogP contribution in [0.3, 0.4) is 0 Å². The maximum absolute atomic E-state index is 11.7. The Bertz CT molecular complexity index is 717. The summed E-state index contributed by atoms with van der Waals surface area (Å²) in [5, 5.41) is 8.32. The molecule has 0 radical (unpaired) electrons. The summed E-state index contributed by atoms with van der Waals surface area (Å²) in [6.07, 6.45) is 6.40. The number of hydrogen-bond acceptors (Lipinski definition) is 5. The molecule has 3 N–H and O–H groups in total. The van der Waals surface area contributed by atoms with Crippen LogP contribution in [-0.2, 0) is 11.8 Å². The first kappa shape index (κ1) is 15.7. The Morgan fingerprint density at radius 1 is 1.35 bits per heavy atom. The highest BCUT2D eigenvalue weighted by molar-refractivity contribution is 5.90. The van der Waals surface area contributed by atoms with Crippen molar-refractivity contribution in [2.45, 2.75) is 51.5 Å². The smallest absolute Gasteiger partial charge is 0.240 e. The van der Waals surface area contributed by atoms with Crippen LogP contribution in [0.25, 0.3) is 11.0 Å². The predicted octanol–water partition coefficient (Wildman–Crippen LogP) is 1.94. The van der Waals surface area contributed by atoms with Crippen molar-refractivity contribution >= 4 is 22.8 Å². The molecule has 1 aliphatic rings. The Labute approximate surface area is 135 Å². The Morgan fingerprint density at radius 2 is 2.04 bits per heavy atom. The predicted molar refractivity (Wildman–Crippen MR) is 89.0 cm³/mol. The van der Waals surface area contributed by atoms with Crippen LogP contribution in [0.4, 0.5) is 5.82 Å². The van der Waals surface area contributed by atoms with E-state index in [2.05, 4.69) is 10.4 Å². The van der Waals surface area contributed by atoms with Gasteiger partial charge in [-0.1, -0.05) is 26.7 Å². The molecule has 1 amide bonds. The number of rotatable bonds is 5. The molecule has 0 saturated heterocycles. The van der Waals surface area contributed by atoms with Gasteiger partial charge in [-0.2, -0.15) is 5.10 Å². The summed E-state index contributed by atoms with van der Waals surface area (Å²) in [5.41, 5.74) is 6.32. The largest absolute Gasteiger partial charge is 0.368 e. The molecule has 7 heteroatoms. The van der Waals surface area contributed by atoms with Crippen molar-refractivity contribution < 1.29 is 4.79 Å². The maximum Gasteiger partial charge on any atom is 0.240 e. The second-order valence-corrected chi connectivity index (χ2v) is 6.69. The Balaban J connectivity index is 2.05. The maximum atomic E-state index is 11.7. The number of hydrogen-bond donors (Lipinski definition) is 2. The minimum Gasteiger partial charge on any atom is -0.368 e. The second-order valence-electron chi connectivity index (χ2n) is 6.69. The van der Waals surface area contributed by atoms with Crippen molar-refractivity contribution in [1.29, 1.82) is 0 Å². The van der Waals surface area contributed by atoms with E-state index >= 15 is 0 Å². The lowest BCUT2D eigenvalue weighted by Gasteiger charge is -2.20. The first-order valence-electron chi connectivity index (χ1n) is 8.23. The molecule has 1 atom stereocenters. The SMILES string of the molecule is CC(C)[C@H](Nc1nc(C2CCCC2)nc2c1cnn2C)C(N)=O. The lowest BCUT2D eigenvalue weighted by molar-refractivity contribution is -0.119. The van der Waals surface area contributed by atoms with E-state index in [4.69, 9.17) is 15.7 Å². The molecule has 0 aliphatic heterocycles. The number of amides is 1. The Morgan fingerprint density at radius 3 is 2.65 bits per heavy atom. The molecule has 2 heterocycles. The first-order valence-corrected chi connectivity index (χ1v) is 8.23. The summed E-state index contributed by atoms with van der Waals surface area (Å²) in [4.78, 5) is 21.1.